The minimum atomic E-state index is -0.195. The molecule has 0 radical (unpaired) electrons. The van der Waals surface area contributed by atoms with E-state index < -0.39 is 0 Å². The molecule has 3 N–H and O–H groups in total. The standard InChI is InChI=1S/C30H22N8O/c1-18-16-38(17-33-18)28-9-5-8-24-22(28)11-26(35-24)29-23-12-25(32-15-27(23)36-37-29)20-10-21(14-31-13-20)34-30(39)19-6-3-2-4-7-19/h2-17,35H,1H3,(H,34,39)(H,36,37). The number of carbonyl (C=O) groups is 1. The highest BCUT2D eigenvalue weighted by molar-refractivity contribution is 6.04. The van der Waals surface area contributed by atoms with Gasteiger partial charge in [-0.25, -0.2) is 4.98 Å². The largest absolute Gasteiger partial charge is 0.353 e. The van der Waals surface area contributed by atoms with E-state index in [4.69, 9.17) is 0 Å². The van der Waals surface area contributed by atoms with Crippen LogP contribution in [-0.4, -0.2) is 40.6 Å². The summed E-state index contributed by atoms with van der Waals surface area (Å²) >= 11 is 0. The van der Waals surface area contributed by atoms with Gasteiger partial charge in [0.2, 0.25) is 0 Å². The molecule has 1 amide bonds. The van der Waals surface area contributed by atoms with Crippen LogP contribution in [0.5, 0.6) is 0 Å². The van der Waals surface area contributed by atoms with E-state index in [1.54, 1.807) is 30.7 Å². The number of benzene rings is 2. The smallest absolute Gasteiger partial charge is 0.255 e. The number of aryl methyl sites for hydroxylation is 1. The van der Waals surface area contributed by atoms with E-state index in [9.17, 15) is 4.79 Å². The van der Waals surface area contributed by atoms with E-state index in [1.165, 1.54) is 0 Å². The zero-order chi connectivity index (χ0) is 26.3. The molecule has 0 saturated carbocycles. The normalized spacial score (nSPS) is 11.3. The highest BCUT2D eigenvalue weighted by atomic mass is 16.1. The molecule has 7 aromatic rings. The number of hydrogen-bond donors (Lipinski definition) is 3. The van der Waals surface area contributed by atoms with Gasteiger partial charge in [0.1, 0.15) is 5.69 Å². The Morgan fingerprint density at radius 3 is 2.64 bits per heavy atom. The molecule has 0 aliphatic rings. The summed E-state index contributed by atoms with van der Waals surface area (Å²) in [6.45, 7) is 1.98. The van der Waals surface area contributed by atoms with E-state index in [0.717, 1.165) is 55.8 Å². The molecule has 5 heterocycles. The van der Waals surface area contributed by atoms with Crippen molar-refractivity contribution in [2.24, 2.45) is 0 Å². The first kappa shape index (κ1) is 22.6. The van der Waals surface area contributed by atoms with Crippen LogP contribution in [0.25, 0.3) is 50.1 Å². The number of hydrogen-bond acceptors (Lipinski definition) is 5. The van der Waals surface area contributed by atoms with Gasteiger partial charge in [0.15, 0.2) is 0 Å². The van der Waals surface area contributed by atoms with E-state index >= 15 is 0 Å². The van der Waals surface area contributed by atoms with Crippen LogP contribution in [0.2, 0.25) is 0 Å². The predicted octanol–water partition coefficient (Wildman–Crippen LogP) is 5.91. The fourth-order valence-corrected chi connectivity index (χ4v) is 4.77. The summed E-state index contributed by atoms with van der Waals surface area (Å²) in [6, 6.07) is 21.2. The zero-order valence-electron chi connectivity index (χ0n) is 20.9. The van der Waals surface area contributed by atoms with Crippen molar-refractivity contribution in [2.75, 3.05) is 5.32 Å². The molecule has 7 rings (SSSR count). The summed E-state index contributed by atoms with van der Waals surface area (Å²) in [7, 11) is 0. The lowest BCUT2D eigenvalue weighted by atomic mass is 10.1. The van der Waals surface area contributed by atoms with Crippen LogP contribution in [0.4, 0.5) is 5.69 Å². The van der Waals surface area contributed by atoms with Crippen LogP contribution in [-0.2, 0) is 0 Å². The fourth-order valence-electron chi connectivity index (χ4n) is 4.77. The molecular weight excluding hydrogens is 488 g/mol. The second kappa shape index (κ2) is 9.07. The molecule has 39 heavy (non-hydrogen) atoms. The first-order valence-electron chi connectivity index (χ1n) is 12.4. The van der Waals surface area contributed by atoms with Crippen LogP contribution in [0, 0.1) is 6.92 Å². The lowest BCUT2D eigenvalue weighted by Crippen LogP contribution is -2.11. The quantitative estimate of drug-likeness (QED) is 0.266. The molecule has 9 nitrogen and oxygen atoms in total. The van der Waals surface area contributed by atoms with Crippen LogP contribution >= 0.6 is 0 Å². The van der Waals surface area contributed by atoms with Crippen LogP contribution in [0.3, 0.4) is 0 Å². The molecule has 0 fully saturated rings. The first-order chi connectivity index (χ1) is 19.1. The first-order valence-corrected chi connectivity index (χ1v) is 12.4. The van der Waals surface area contributed by atoms with Crippen molar-refractivity contribution < 1.29 is 4.79 Å². The maximum absolute atomic E-state index is 12.6. The van der Waals surface area contributed by atoms with Gasteiger partial charge >= 0.3 is 0 Å². The number of nitrogens with one attached hydrogen (secondary N) is 3. The topological polar surface area (TPSA) is 117 Å². The fraction of sp³-hybridized carbons (Fsp3) is 0.0333. The number of fused-ring (bicyclic) bond motifs is 2. The van der Waals surface area contributed by atoms with Crippen LogP contribution in [0.15, 0.2) is 97.8 Å². The Labute approximate surface area is 222 Å². The van der Waals surface area contributed by atoms with Crippen molar-refractivity contribution >= 4 is 33.4 Å². The predicted molar refractivity (Wildman–Crippen MR) is 151 cm³/mol. The van der Waals surface area contributed by atoms with Crippen molar-refractivity contribution in [1.29, 1.82) is 0 Å². The Kier molecular flexibility index (Phi) is 5.26. The number of anilines is 1. The third-order valence-electron chi connectivity index (χ3n) is 6.66. The van der Waals surface area contributed by atoms with Gasteiger partial charge in [0.25, 0.3) is 5.91 Å². The number of amides is 1. The molecular formula is C30H22N8O. The summed E-state index contributed by atoms with van der Waals surface area (Å²) in [5.41, 5.74) is 8.17. The third-order valence-corrected chi connectivity index (χ3v) is 6.66. The summed E-state index contributed by atoms with van der Waals surface area (Å²) < 4.78 is 2.02. The molecule has 0 aliphatic heterocycles. The number of nitrogens with zero attached hydrogens (tertiary/aromatic N) is 5. The molecule has 0 saturated heterocycles. The van der Waals surface area contributed by atoms with Gasteiger partial charge < -0.3 is 14.9 Å². The SMILES string of the molecule is Cc1cn(-c2cccc3[nH]c(-c4n[nH]c5cnc(-c6cncc(NC(=O)c7ccccc7)c6)cc45)cc23)cn1. The molecule has 0 unspecified atom stereocenters. The number of carbonyl (C=O) groups excluding carboxylic acids is 1. The second-order valence-electron chi connectivity index (χ2n) is 9.31. The number of pyridine rings is 2. The van der Waals surface area contributed by atoms with Crippen molar-refractivity contribution in [3.8, 4) is 28.3 Å². The number of imidazole rings is 1. The zero-order valence-corrected chi connectivity index (χ0v) is 20.9. The Balaban J connectivity index is 1.25. The number of aromatic nitrogens is 7. The van der Waals surface area contributed by atoms with Crippen molar-refractivity contribution in [1.82, 2.24) is 34.7 Å². The van der Waals surface area contributed by atoms with E-state index in [0.29, 0.717) is 11.3 Å². The molecule has 0 spiro atoms. The van der Waals surface area contributed by atoms with Gasteiger partial charge in [-0.1, -0.05) is 24.3 Å². The minimum absolute atomic E-state index is 0.195. The lowest BCUT2D eigenvalue weighted by Gasteiger charge is -2.07. The average molecular weight is 511 g/mol. The summed E-state index contributed by atoms with van der Waals surface area (Å²) in [5.74, 6) is -0.195. The maximum Gasteiger partial charge on any atom is 0.255 e. The third kappa shape index (κ3) is 4.11. The summed E-state index contributed by atoms with van der Waals surface area (Å²) in [4.78, 5) is 29.5. The van der Waals surface area contributed by atoms with Gasteiger partial charge in [-0.3, -0.25) is 19.9 Å². The number of H-pyrrole nitrogens is 2. The Hall–Kier alpha value is -5.57. The molecule has 188 valence electrons. The van der Waals surface area contributed by atoms with E-state index in [-0.39, 0.29) is 5.91 Å². The van der Waals surface area contributed by atoms with Crippen molar-refractivity contribution in [3.05, 3.63) is 109 Å². The van der Waals surface area contributed by atoms with Gasteiger partial charge in [-0.2, -0.15) is 5.10 Å². The van der Waals surface area contributed by atoms with Crippen molar-refractivity contribution in [3.63, 3.8) is 0 Å². The summed E-state index contributed by atoms with van der Waals surface area (Å²) in [6.07, 6.45) is 8.94. The highest BCUT2D eigenvalue weighted by Gasteiger charge is 2.15. The second-order valence-corrected chi connectivity index (χ2v) is 9.31. The molecule has 9 heteroatoms. The Bertz CT molecular complexity index is 1980. The monoisotopic (exact) mass is 510 g/mol. The molecule has 5 aromatic heterocycles. The van der Waals surface area contributed by atoms with E-state index in [2.05, 4.69) is 53.6 Å². The number of aromatic amines is 2. The lowest BCUT2D eigenvalue weighted by molar-refractivity contribution is 0.102. The van der Waals surface area contributed by atoms with Gasteiger partial charge in [-0.15, -0.1) is 0 Å². The molecule has 0 atom stereocenters. The minimum Gasteiger partial charge on any atom is -0.353 e. The van der Waals surface area contributed by atoms with Gasteiger partial charge in [-0.05, 0) is 49.4 Å². The Morgan fingerprint density at radius 1 is 0.897 bits per heavy atom. The highest BCUT2D eigenvalue weighted by Crippen LogP contribution is 2.33. The summed E-state index contributed by atoms with van der Waals surface area (Å²) in [5, 5.41) is 12.6. The number of rotatable bonds is 5. The average Bonchev–Trinajstić information content (AvgIpc) is 3.71. The van der Waals surface area contributed by atoms with Crippen LogP contribution < -0.4 is 5.32 Å². The van der Waals surface area contributed by atoms with E-state index in [1.807, 2.05) is 60.4 Å². The Morgan fingerprint density at radius 2 is 1.79 bits per heavy atom. The maximum atomic E-state index is 12.6. The molecule has 2 aromatic carbocycles. The van der Waals surface area contributed by atoms with Gasteiger partial charge in [0.05, 0.1) is 52.7 Å². The van der Waals surface area contributed by atoms with Crippen LogP contribution in [0.1, 0.15) is 16.1 Å². The van der Waals surface area contributed by atoms with Gasteiger partial charge in [0, 0.05) is 39.8 Å². The molecule has 0 aliphatic carbocycles. The molecule has 0 bridgehead atoms. The van der Waals surface area contributed by atoms with Crippen molar-refractivity contribution in [2.45, 2.75) is 6.92 Å².